The first kappa shape index (κ1) is 19.5. The lowest BCUT2D eigenvalue weighted by Crippen LogP contribution is -2.31. The topological polar surface area (TPSA) is 60.8 Å². The molecule has 0 fully saturated rings. The Bertz CT molecular complexity index is 1110. The second-order valence-electron chi connectivity index (χ2n) is 8.09. The van der Waals surface area contributed by atoms with Crippen molar-refractivity contribution >= 4 is 11.7 Å². The average molecular weight is 412 g/mol. The van der Waals surface area contributed by atoms with Crippen LogP contribution in [-0.4, -0.2) is 46.7 Å². The molecule has 1 N–H and O–H groups in total. The number of pyridine rings is 1. The second kappa shape index (κ2) is 8.32. The molecule has 0 saturated carbocycles. The molecule has 0 unspecified atom stereocenters. The van der Waals surface area contributed by atoms with E-state index in [4.69, 9.17) is 4.99 Å². The number of allylic oxidation sites excluding steroid dienone is 1. The summed E-state index contributed by atoms with van der Waals surface area (Å²) in [6, 6.07) is 14.7. The third-order valence-corrected chi connectivity index (χ3v) is 5.82. The molecule has 0 bridgehead atoms. The molecule has 0 radical (unpaired) electrons. The summed E-state index contributed by atoms with van der Waals surface area (Å²) < 4.78 is 0. The fourth-order valence-corrected chi connectivity index (χ4v) is 4.25. The maximum absolute atomic E-state index is 11.9. The summed E-state index contributed by atoms with van der Waals surface area (Å²) in [5.74, 6) is 0.867. The first-order chi connectivity index (χ1) is 15.2. The molecule has 3 aliphatic heterocycles. The molecule has 0 spiro atoms. The van der Waals surface area contributed by atoms with Gasteiger partial charge in [-0.25, -0.2) is 4.99 Å². The Hall–Kier alpha value is -3.51. The van der Waals surface area contributed by atoms with Crippen molar-refractivity contribution in [3.63, 3.8) is 0 Å². The minimum Gasteiger partial charge on any atom is -0.324 e. The third-order valence-electron chi connectivity index (χ3n) is 5.82. The van der Waals surface area contributed by atoms with Crippen LogP contribution in [0.3, 0.4) is 0 Å². The van der Waals surface area contributed by atoms with Crippen molar-refractivity contribution in [2.24, 2.45) is 4.99 Å². The van der Waals surface area contributed by atoms with Crippen LogP contribution in [0.25, 0.3) is 0 Å². The van der Waals surface area contributed by atoms with Gasteiger partial charge in [0, 0.05) is 73.5 Å². The number of aromatic nitrogens is 1. The van der Waals surface area contributed by atoms with Crippen molar-refractivity contribution in [3.8, 4) is 0 Å². The third kappa shape index (κ3) is 4.07. The van der Waals surface area contributed by atoms with Crippen LogP contribution in [0.4, 0.5) is 0 Å². The highest BCUT2D eigenvalue weighted by Crippen LogP contribution is 2.34. The highest BCUT2D eigenvalue weighted by Gasteiger charge is 2.32. The van der Waals surface area contributed by atoms with E-state index in [9.17, 15) is 4.79 Å². The fourth-order valence-electron chi connectivity index (χ4n) is 4.25. The zero-order valence-corrected chi connectivity index (χ0v) is 17.6. The molecule has 31 heavy (non-hydrogen) atoms. The summed E-state index contributed by atoms with van der Waals surface area (Å²) in [5, 5.41) is 3.00. The first-order valence-corrected chi connectivity index (χ1v) is 10.6. The zero-order valence-electron chi connectivity index (χ0n) is 17.6. The van der Waals surface area contributed by atoms with Crippen LogP contribution < -0.4 is 5.32 Å². The van der Waals surface area contributed by atoms with Gasteiger partial charge in [0.1, 0.15) is 5.84 Å². The first-order valence-electron chi connectivity index (χ1n) is 10.6. The van der Waals surface area contributed by atoms with Crippen molar-refractivity contribution in [1.82, 2.24) is 20.1 Å². The van der Waals surface area contributed by atoms with Crippen LogP contribution in [0.1, 0.15) is 23.2 Å². The van der Waals surface area contributed by atoms with E-state index in [1.165, 1.54) is 5.56 Å². The molecule has 6 heteroatoms. The molecule has 0 aliphatic carbocycles. The summed E-state index contributed by atoms with van der Waals surface area (Å²) in [6.45, 7) is 2.68. The van der Waals surface area contributed by atoms with Crippen molar-refractivity contribution < 1.29 is 4.79 Å². The Morgan fingerprint density at radius 3 is 2.81 bits per heavy atom. The van der Waals surface area contributed by atoms with Crippen molar-refractivity contribution in [2.75, 3.05) is 20.1 Å². The average Bonchev–Trinajstić information content (AvgIpc) is 3.13. The van der Waals surface area contributed by atoms with Crippen LogP contribution in [0.5, 0.6) is 0 Å². The van der Waals surface area contributed by atoms with Gasteiger partial charge in [-0.1, -0.05) is 30.3 Å². The maximum atomic E-state index is 11.9. The second-order valence-corrected chi connectivity index (χ2v) is 8.09. The van der Waals surface area contributed by atoms with Gasteiger partial charge in [-0.05, 0) is 30.8 Å². The highest BCUT2D eigenvalue weighted by molar-refractivity contribution is 6.02. The molecule has 0 saturated heterocycles. The monoisotopic (exact) mass is 411 g/mol. The van der Waals surface area contributed by atoms with Gasteiger partial charge in [-0.15, -0.1) is 0 Å². The summed E-state index contributed by atoms with van der Waals surface area (Å²) in [5.41, 5.74) is 6.52. The molecule has 3 aliphatic rings. The zero-order chi connectivity index (χ0) is 21.2. The molecule has 156 valence electrons. The number of likely N-dealkylation sites (N-methyl/N-ethyl adjacent to an activating group) is 1. The van der Waals surface area contributed by atoms with Crippen LogP contribution >= 0.6 is 0 Å². The Kier molecular flexibility index (Phi) is 5.22. The van der Waals surface area contributed by atoms with Gasteiger partial charge in [-0.2, -0.15) is 0 Å². The maximum Gasteiger partial charge on any atom is 0.248 e. The molecule has 6 nitrogen and oxygen atoms in total. The molecular formula is C25H25N5O. The smallest absolute Gasteiger partial charge is 0.248 e. The van der Waals surface area contributed by atoms with Gasteiger partial charge in [0.25, 0.3) is 0 Å². The summed E-state index contributed by atoms with van der Waals surface area (Å²) in [7, 11) is 2.14. The lowest BCUT2D eigenvalue weighted by Gasteiger charge is -2.27. The molecule has 2 aromatic rings. The summed E-state index contributed by atoms with van der Waals surface area (Å²) in [6.07, 6.45) is 8.89. The number of nitrogens with one attached hydrogen (secondary N) is 1. The standard InChI is InChI=1S/C25H25N5O/c1-29(14-11-21-4-2-3-13-26-21)17-18-5-7-19(8-6-18)25-27-16-20-9-10-23(31)28-22-12-15-30(25)24(20)22/h2-10,13,16H,11-12,14-15,17H2,1H3,(H,28,31). The van der Waals surface area contributed by atoms with Crippen LogP contribution in [0.2, 0.25) is 0 Å². The van der Waals surface area contributed by atoms with Gasteiger partial charge in [0.05, 0.1) is 5.70 Å². The van der Waals surface area contributed by atoms with Gasteiger partial charge in [-0.3, -0.25) is 9.78 Å². The van der Waals surface area contributed by atoms with E-state index in [0.29, 0.717) is 0 Å². The van der Waals surface area contributed by atoms with Gasteiger partial charge < -0.3 is 15.1 Å². The van der Waals surface area contributed by atoms with Crippen LogP contribution in [-0.2, 0) is 17.8 Å². The van der Waals surface area contributed by atoms with E-state index >= 15 is 0 Å². The van der Waals surface area contributed by atoms with Crippen LogP contribution in [0.15, 0.2) is 89.0 Å². The lowest BCUT2D eigenvalue weighted by atomic mass is 10.1. The van der Waals surface area contributed by atoms with E-state index in [1.807, 2.05) is 30.6 Å². The Labute approximate surface area is 182 Å². The molecule has 1 aromatic carbocycles. The van der Waals surface area contributed by atoms with Gasteiger partial charge in [0.2, 0.25) is 5.91 Å². The molecule has 1 aromatic heterocycles. The van der Waals surface area contributed by atoms with Crippen molar-refractivity contribution in [2.45, 2.75) is 19.4 Å². The predicted molar refractivity (Wildman–Crippen MR) is 121 cm³/mol. The highest BCUT2D eigenvalue weighted by atomic mass is 16.1. The number of carbonyl (C=O) groups is 1. The number of benzene rings is 1. The Morgan fingerprint density at radius 2 is 2.00 bits per heavy atom. The quantitative estimate of drug-likeness (QED) is 0.794. The number of nitrogens with zero attached hydrogens (tertiary/aromatic N) is 4. The van der Waals surface area contributed by atoms with E-state index in [2.05, 4.69) is 57.5 Å². The lowest BCUT2D eigenvalue weighted by molar-refractivity contribution is -0.115. The number of carbonyl (C=O) groups excluding carboxylic acids is 1. The summed E-state index contributed by atoms with van der Waals surface area (Å²) >= 11 is 0. The van der Waals surface area contributed by atoms with E-state index < -0.39 is 0 Å². The normalized spacial score (nSPS) is 17.4. The molecule has 5 rings (SSSR count). The number of amides is 1. The number of aliphatic imine (C=N–C) groups is 1. The summed E-state index contributed by atoms with van der Waals surface area (Å²) in [4.78, 5) is 25.5. The SMILES string of the molecule is CN(CCc1ccccn1)Cc1ccc(C2=NC=C3C=CC(=O)NC4=C3N2CC4)cc1. The molecule has 1 amide bonds. The van der Waals surface area contributed by atoms with Crippen molar-refractivity contribution in [3.05, 3.63) is 101 Å². The minimum atomic E-state index is -0.0716. The van der Waals surface area contributed by atoms with Crippen molar-refractivity contribution in [1.29, 1.82) is 0 Å². The van der Waals surface area contributed by atoms with Gasteiger partial charge >= 0.3 is 0 Å². The van der Waals surface area contributed by atoms with Gasteiger partial charge in [0.15, 0.2) is 0 Å². The molecule has 4 heterocycles. The van der Waals surface area contributed by atoms with E-state index in [-0.39, 0.29) is 5.91 Å². The van der Waals surface area contributed by atoms with Crippen LogP contribution in [0, 0.1) is 0 Å². The Balaban J connectivity index is 1.27. The largest absolute Gasteiger partial charge is 0.324 e. The Morgan fingerprint density at radius 1 is 1.13 bits per heavy atom. The van der Waals surface area contributed by atoms with E-state index in [1.54, 1.807) is 6.08 Å². The predicted octanol–water partition coefficient (Wildman–Crippen LogP) is 3.00. The number of hydrogen-bond acceptors (Lipinski definition) is 5. The van der Waals surface area contributed by atoms with E-state index in [0.717, 1.165) is 66.5 Å². The molecule has 0 atom stereocenters. The minimum absolute atomic E-state index is 0.0716. The fraction of sp³-hybridized carbons (Fsp3) is 0.240. The number of amidine groups is 1. The number of hydrogen-bond donors (Lipinski definition) is 1. The molecular weight excluding hydrogens is 386 g/mol. The number of rotatable bonds is 6.